The van der Waals surface area contributed by atoms with Gasteiger partial charge in [-0.05, 0) is 31.6 Å². The van der Waals surface area contributed by atoms with Crippen molar-refractivity contribution in [2.75, 3.05) is 39.5 Å². The van der Waals surface area contributed by atoms with Gasteiger partial charge in [-0.1, -0.05) is 6.42 Å². The van der Waals surface area contributed by atoms with Gasteiger partial charge in [-0.25, -0.2) is 0 Å². The lowest BCUT2D eigenvalue weighted by Gasteiger charge is -2.42. The first-order chi connectivity index (χ1) is 9.26. The molecule has 2 rings (SSSR count). The Morgan fingerprint density at radius 1 is 1.50 bits per heavy atom. The highest BCUT2D eigenvalue weighted by Gasteiger charge is 2.37. The summed E-state index contributed by atoms with van der Waals surface area (Å²) in [6.07, 6.45) is 4.73. The van der Waals surface area contributed by atoms with Gasteiger partial charge in [0.05, 0.1) is 13.2 Å². The van der Waals surface area contributed by atoms with E-state index in [4.69, 9.17) is 9.47 Å². The van der Waals surface area contributed by atoms with Crippen molar-refractivity contribution in [2.24, 2.45) is 5.41 Å². The summed E-state index contributed by atoms with van der Waals surface area (Å²) in [5, 5.41) is 6.27. The number of hydrogen-bond acceptors (Lipinski definition) is 4. The van der Waals surface area contributed by atoms with E-state index in [1.807, 2.05) is 6.92 Å². The maximum Gasteiger partial charge on any atom is 0.239 e. The Labute approximate surface area is 127 Å². The van der Waals surface area contributed by atoms with E-state index in [0.717, 1.165) is 32.7 Å². The molecule has 5 nitrogen and oxygen atoms in total. The number of nitrogens with one attached hydrogen (secondary N) is 2. The topological polar surface area (TPSA) is 59.6 Å². The highest BCUT2D eigenvalue weighted by atomic mass is 35.5. The number of morpholine rings is 1. The van der Waals surface area contributed by atoms with Crippen molar-refractivity contribution < 1.29 is 14.3 Å². The summed E-state index contributed by atoms with van der Waals surface area (Å²) < 4.78 is 10.8. The van der Waals surface area contributed by atoms with Gasteiger partial charge in [0.1, 0.15) is 6.04 Å². The number of rotatable bonds is 7. The third kappa shape index (κ3) is 4.88. The Morgan fingerprint density at radius 3 is 2.85 bits per heavy atom. The molecule has 1 heterocycles. The Balaban J connectivity index is 0.00000200. The van der Waals surface area contributed by atoms with Crippen LogP contribution in [0.2, 0.25) is 0 Å². The SMILES string of the molecule is CCOCCC1(CNC(=O)C2COCCN2)CCC1.Cl. The minimum absolute atomic E-state index is 0. The van der Waals surface area contributed by atoms with Gasteiger partial charge in [0.25, 0.3) is 0 Å². The number of hydrogen-bond donors (Lipinski definition) is 2. The molecule has 20 heavy (non-hydrogen) atoms. The van der Waals surface area contributed by atoms with Gasteiger partial charge in [-0.2, -0.15) is 0 Å². The van der Waals surface area contributed by atoms with E-state index >= 15 is 0 Å². The van der Waals surface area contributed by atoms with Crippen LogP contribution in [0.25, 0.3) is 0 Å². The zero-order valence-electron chi connectivity index (χ0n) is 12.3. The molecule has 0 spiro atoms. The number of ether oxygens (including phenoxy) is 2. The van der Waals surface area contributed by atoms with E-state index in [1.54, 1.807) is 0 Å². The van der Waals surface area contributed by atoms with E-state index in [1.165, 1.54) is 19.3 Å². The molecule has 0 aromatic rings. The smallest absolute Gasteiger partial charge is 0.239 e. The lowest BCUT2D eigenvalue weighted by molar-refractivity contribution is -0.127. The molecular formula is C14H27ClN2O3. The predicted molar refractivity (Wildman–Crippen MR) is 80.3 cm³/mol. The van der Waals surface area contributed by atoms with Crippen molar-refractivity contribution >= 4 is 18.3 Å². The zero-order valence-corrected chi connectivity index (χ0v) is 13.1. The first-order valence-electron chi connectivity index (χ1n) is 7.42. The van der Waals surface area contributed by atoms with E-state index in [-0.39, 0.29) is 29.8 Å². The molecule has 1 saturated heterocycles. The second kappa shape index (κ2) is 8.82. The maximum absolute atomic E-state index is 12.0. The van der Waals surface area contributed by atoms with Gasteiger partial charge in [0.2, 0.25) is 5.91 Å². The average Bonchev–Trinajstić information content (AvgIpc) is 2.41. The molecule has 118 valence electrons. The first kappa shape index (κ1) is 17.7. The molecule has 1 amide bonds. The van der Waals surface area contributed by atoms with Crippen LogP contribution in [0.1, 0.15) is 32.6 Å². The second-order valence-electron chi connectivity index (χ2n) is 5.60. The van der Waals surface area contributed by atoms with Crippen molar-refractivity contribution in [1.82, 2.24) is 10.6 Å². The molecule has 0 aromatic carbocycles. The van der Waals surface area contributed by atoms with Crippen molar-refractivity contribution in [1.29, 1.82) is 0 Å². The Morgan fingerprint density at radius 2 is 2.30 bits per heavy atom. The minimum Gasteiger partial charge on any atom is -0.382 e. The second-order valence-corrected chi connectivity index (χ2v) is 5.60. The molecule has 6 heteroatoms. The van der Waals surface area contributed by atoms with Crippen molar-refractivity contribution in [3.8, 4) is 0 Å². The largest absolute Gasteiger partial charge is 0.382 e. The molecule has 0 aromatic heterocycles. The molecule has 2 fully saturated rings. The summed E-state index contributed by atoms with van der Waals surface area (Å²) in [6, 6.07) is -0.183. The van der Waals surface area contributed by atoms with Crippen LogP contribution in [0, 0.1) is 5.41 Å². The minimum atomic E-state index is -0.183. The van der Waals surface area contributed by atoms with Crippen LogP contribution in [0.3, 0.4) is 0 Å². The molecule has 1 aliphatic carbocycles. The molecular weight excluding hydrogens is 280 g/mol. The highest BCUT2D eigenvalue weighted by Crippen LogP contribution is 2.43. The van der Waals surface area contributed by atoms with Gasteiger partial charge in [-0.3, -0.25) is 4.79 Å². The van der Waals surface area contributed by atoms with Crippen molar-refractivity contribution in [3.05, 3.63) is 0 Å². The third-order valence-corrected chi connectivity index (χ3v) is 4.27. The van der Waals surface area contributed by atoms with Crippen LogP contribution in [0.15, 0.2) is 0 Å². The number of carbonyl (C=O) groups excluding carboxylic acids is 1. The zero-order chi connectivity index (χ0) is 13.6. The predicted octanol–water partition coefficient (Wildman–Crippen LogP) is 1.11. The Hall–Kier alpha value is -0.360. The summed E-state index contributed by atoms with van der Waals surface area (Å²) in [6.45, 7) is 6.30. The van der Waals surface area contributed by atoms with Gasteiger partial charge < -0.3 is 20.1 Å². The summed E-state index contributed by atoms with van der Waals surface area (Å²) in [5.74, 6) is 0.0717. The van der Waals surface area contributed by atoms with Gasteiger partial charge in [0.15, 0.2) is 0 Å². The van der Waals surface area contributed by atoms with E-state index < -0.39 is 0 Å². The molecule has 0 bridgehead atoms. The van der Waals surface area contributed by atoms with E-state index in [0.29, 0.717) is 13.2 Å². The molecule has 1 aliphatic heterocycles. The van der Waals surface area contributed by atoms with Gasteiger partial charge in [0, 0.05) is 26.3 Å². The number of halogens is 1. The normalized spacial score (nSPS) is 24.4. The summed E-state index contributed by atoms with van der Waals surface area (Å²) in [7, 11) is 0. The van der Waals surface area contributed by atoms with Gasteiger partial charge >= 0.3 is 0 Å². The fourth-order valence-electron chi connectivity index (χ4n) is 2.76. The molecule has 0 radical (unpaired) electrons. The standard InChI is InChI=1S/C14H26N2O3.ClH/c1-2-18-8-6-14(4-3-5-14)11-16-13(17)12-10-19-9-7-15-12;/h12,15H,2-11H2,1H3,(H,16,17);1H. The van der Waals surface area contributed by atoms with Crippen LogP contribution in [0.5, 0.6) is 0 Å². The highest BCUT2D eigenvalue weighted by molar-refractivity contribution is 5.85. The van der Waals surface area contributed by atoms with Crippen LogP contribution >= 0.6 is 12.4 Å². The Bertz CT molecular complexity index is 292. The molecule has 1 saturated carbocycles. The lowest BCUT2D eigenvalue weighted by atomic mass is 9.66. The molecule has 1 atom stereocenters. The lowest BCUT2D eigenvalue weighted by Crippen LogP contribution is -2.53. The summed E-state index contributed by atoms with van der Waals surface area (Å²) >= 11 is 0. The van der Waals surface area contributed by atoms with Crippen molar-refractivity contribution in [2.45, 2.75) is 38.6 Å². The molecule has 2 N–H and O–H groups in total. The average molecular weight is 307 g/mol. The van der Waals surface area contributed by atoms with Crippen LogP contribution in [-0.4, -0.2) is 51.5 Å². The summed E-state index contributed by atoms with van der Waals surface area (Å²) in [4.78, 5) is 12.0. The fraction of sp³-hybridized carbons (Fsp3) is 0.929. The maximum atomic E-state index is 12.0. The molecule has 2 aliphatic rings. The monoisotopic (exact) mass is 306 g/mol. The number of amides is 1. The first-order valence-corrected chi connectivity index (χ1v) is 7.42. The molecule has 1 unspecified atom stereocenters. The van der Waals surface area contributed by atoms with Crippen molar-refractivity contribution in [3.63, 3.8) is 0 Å². The summed E-state index contributed by atoms with van der Waals surface area (Å²) in [5.41, 5.74) is 0.278. The fourth-order valence-corrected chi connectivity index (χ4v) is 2.76. The van der Waals surface area contributed by atoms with E-state index in [9.17, 15) is 4.79 Å². The van der Waals surface area contributed by atoms with E-state index in [2.05, 4.69) is 10.6 Å². The van der Waals surface area contributed by atoms with Crippen LogP contribution in [-0.2, 0) is 14.3 Å². The van der Waals surface area contributed by atoms with Crippen LogP contribution < -0.4 is 10.6 Å². The Kier molecular flexibility index (Phi) is 7.80. The quantitative estimate of drug-likeness (QED) is 0.692. The third-order valence-electron chi connectivity index (χ3n) is 4.27. The number of carbonyl (C=O) groups is 1. The van der Waals surface area contributed by atoms with Crippen LogP contribution in [0.4, 0.5) is 0 Å². The van der Waals surface area contributed by atoms with Gasteiger partial charge in [-0.15, -0.1) is 12.4 Å².